The van der Waals surface area contributed by atoms with Crippen LogP contribution in [0.25, 0.3) is 77.8 Å². The molecule has 9 heteroatoms. The van der Waals surface area contributed by atoms with E-state index in [-0.39, 0.29) is 0 Å². The monoisotopic (exact) mass is 824 g/mol. The molecule has 0 spiro atoms. The summed E-state index contributed by atoms with van der Waals surface area (Å²) in [4.78, 5) is 23.8. The number of benzene rings is 6. The van der Waals surface area contributed by atoms with Gasteiger partial charge in [0.2, 0.25) is 0 Å². The molecule has 292 valence electrons. The minimum Gasteiger partial charge on any atom is -0.497 e. The highest BCUT2D eigenvalue weighted by Gasteiger charge is 2.16. The van der Waals surface area contributed by atoms with Crippen LogP contribution in [-0.4, -0.2) is 36.2 Å². The van der Waals surface area contributed by atoms with Crippen LogP contribution in [0.15, 0.2) is 202 Å². The van der Waals surface area contributed by atoms with Gasteiger partial charge in [0.1, 0.15) is 17.4 Å². The number of hydrogen-bond donors (Lipinski definition) is 0. The average Bonchev–Trinajstić information content (AvgIpc) is 3.81. The predicted octanol–water partition coefficient (Wildman–Crippen LogP) is 13.4. The third-order valence-electron chi connectivity index (χ3n) is 11.0. The van der Waals surface area contributed by atoms with Gasteiger partial charge in [-0.05, 0) is 91.3 Å². The number of ether oxygens (including phenoxy) is 1. The Hall–Kier alpha value is -7.20. The Balaban J connectivity index is 0.850. The van der Waals surface area contributed by atoms with Crippen molar-refractivity contribution >= 4 is 67.1 Å². The molecule has 0 saturated heterocycles. The van der Waals surface area contributed by atoms with Gasteiger partial charge in [0.25, 0.3) is 0 Å². The molecule has 0 atom stereocenters. The summed E-state index contributed by atoms with van der Waals surface area (Å²) in [6.45, 7) is 2.11. The molecule has 0 aliphatic heterocycles. The van der Waals surface area contributed by atoms with Crippen LogP contribution in [0.1, 0.15) is 5.56 Å². The van der Waals surface area contributed by atoms with Crippen molar-refractivity contribution < 1.29 is 4.74 Å². The topological polar surface area (TPSA) is 70.7 Å². The van der Waals surface area contributed by atoms with Crippen molar-refractivity contribution in [3.8, 4) is 39.9 Å². The first-order valence-corrected chi connectivity index (χ1v) is 21.6. The van der Waals surface area contributed by atoms with E-state index in [9.17, 15) is 0 Å². The second-order valence-corrected chi connectivity index (χ2v) is 17.1. The van der Waals surface area contributed by atoms with E-state index in [1.807, 2.05) is 36.8 Å². The summed E-state index contributed by atoms with van der Waals surface area (Å²) in [5.74, 6) is 2.50. The highest BCUT2D eigenvalue weighted by Crippen LogP contribution is 2.39. The van der Waals surface area contributed by atoms with Gasteiger partial charge in [0.05, 0.1) is 53.0 Å². The van der Waals surface area contributed by atoms with E-state index in [1.165, 1.54) is 27.1 Å². The molecule has 0 fully saturated rings. The number of rotatable bonds is 9. The molecule has 0 aliphatic carbocycles. The number of aromatic nitrogens is 6. The summed E-state index contributed by atoms with van der Waals surface area (Å²) >= 11 is 3.46. The zero-order valence-corrected chi connectivity index (χ0v) is 34.9. The summed E-state index contributed by atoms with van der Waals surface area (Å²) in [6, 6.07) is 55.4. The van der Waals surface area contributed by atoms with E-state index in [0.29, 0.717) is 0 Å². The molecule has 0 N–H and O–H groups in total. The molecule has 7 nitrogen and oxygen atoms in total. The fraction of sp³-hybridized carbons (Fsp3) is 0.0385. The second kappa shape index (κ2) is 15.4. The summed E-state index contributed by atoms with van der Waals surface area (Å²) in [7, 11) is 1.68. The van der Waals surface area contributed by atoms with Crippen molar-refractivity contribution in [3.05, 3.63) is 188 Å². The van der Waals surface area contributed by atoms with Crippen LogP contribution >= 0.6 is 23.5 Å². The van der Waals surface area contributed by atoms with Crippen LogP contribution in [0.3, 0.4) is 0 Å². The number of aryl methyl sites for hydroxylation is 1. The van der Waals surface area contributed by atoms with Crippen molar-refractivity contribution in [1.82, 2.24) is 29.1 Å². The van der Waals surface area contributed by atoms with Crippen LogP contribution in [0, 0.1) is 6.92 Å². The van der Waals surface area contributed by atoms with E-state index < -0.39 is 0 Å². The molecule has 11 aromatic rings. The average molecular weight is 825 g/mol. The van der Waals surface area contributed by atoms with Gasteiger partial charge in [-0.25, -0.2) is 9.97 Å². The molecule has 61 heavy (non-hydrogen) atoms. The third kappa shape index (κ3) is 6.87. The third-order valence-corrected chi connectivity index (χ3v) is 12.9. The molecule has 0 radical (unpaired) electrons. The smallest absolute Gasteiger partial charge is 0.141 e. The Labute approximate surface area is 360 Å². The van der Waals surface area contributed by atoms with Crippen LogP contribution in [0.2, 0.25) is 0 Å². The van der Waals surface area contributed by atoms with E-state index in [0.717, 1.165) is 81.5 Å². The van der Waals surface area contributed by atoms with Crippen LogP contribution < -0.4 is 4.74 Å². The summed E-state index contributed by atoms with van der Waals surface area (Å²) in [5.41, 5.74) is 9.33. The van der Waals surface area contributed by atoms with Gasteiger partial charge in [0.15, 0.2) is 0 Å². The van der Waals surface area contributed by atoms with Gasteiger partial charge in [-0.3, -0.25) is 19.1 Å². The van der Waals surface area contributed by atoms with Gasteiger partial charge in [-0.2, -0.15) is 0 Å². The van der Waals surface area contributed by atoms with Gasteiger partial charge >= 0.3 is 0 Å². The van der Waals surface area contributed by atoms with Gasteiger partial charge < -0.3 is 4.74 Å². The molecule has 11 rings (SSSR count). The number of hydrogen-bond acceptors (Lipinski definition) is 7. The lowest BCUT2D eigenvalue weighted by Gasteiger charge is -2.10. The maximum atomic E-state index is 5.55. The molecule has 5 aromatic heterocycles. The summed E-state index contributed by atoms with van der Waals surface area (Å²) in [6.07, 6.45) is 7.42. The number of para-hydroxylation sites is 2. The van der Waals surface area contributed by atoms with Crippen LogP contribution in [-0.2, 0) is 0 Å². The number of nitrogens with zero attached hydrogens (tertiary/aromatic N) is 6. The largest absolute Gasteiger partial charge is 0.497 e. The second-order valence-electron chi connectivity index (χ2n) is 14.9. The first-order valence-electron chi connectivity index (χ1n) is 19.9. The molecule has 6 aromatic carbocycles. The Bertz CT molecular complexity index is 3450. The number of fused-ring (bicyclic) bond motifs is 6. The number of methoxy groups -OCH3 is 1. The maximum absolute atomic E-state index is 5.55. The summed E-state index contributed by atoms with van der Waals surface area (Å²) < 4.78 is 10.0. The van der Waals surface area contributed by atoms with Crippen molar-refractivity contribution in [3.63, 3.8) is 0 Å². The Morgan fingerprint density at radius 2 is 0.918 bits per heavy atom. The molecular formula is C52H36N6OS2. The SMILES string of the molecule is COc1ccnc(-n2c3ccccc3c3ccc(Sc4cccc(-c5cnc(-c6cccc(Sc7ccc8c9ccccc9n(-c9cc(C)ccn9)c8c7)c6)cn5)c4)cc32)c1. The first-order chi connectivity index (χ1) is 30.1. The lowest BCUT2D eigenvalue weighted by atomic mass is 10.1. The molecular weight excluding hydrogens is 789 g/mol. The van der Waals surface area contributed by atoms with Crippen molar-refractivity contribution in [2.75, 3.05) is 7.11 Å². The minimum atomic E-state index is 0.768. The number of pyridine rings is 2. The summed E-state index contributed by atoms with van der Waals surface area (Å²) in [5, 5.41) is 4.78. The Kier molecular flexibility index (Phi) is 9.32. The van der Waals surface area contributed by atoms with Gasteiger partial charge in [0, 0.05) is 70.7 Å². The normalized spacial score (nSPS) is 11.6. The standard InChI is InChI=1S/C52H36N6OS2/c1-33-21-23-53-51(25-33)57-47-15-5-3-13-41(47)43-19-17-39(29-49(43)57)60-37-11-7-9-34(26-37)45-31-56-46(32-55-45)35-10-8-12-38(27-35)61-40-18-20-44-42-14-4-6-16-48(42)58(50(44)30-40)52-28-36(59-2)22-24-54-52/h3-32H,1-2H3. The van der Waals surface area contributed by atoms with E-state index in [4.69, 9.17) is 24.7 Å². The Morgan fingerprint density at radius 1 is 0.426 bits per heavy atom. The van der Waals surface area contributed by atoms with Gasteiger partial charge in [-0.15, -0.1) is 0 Å². The lowest BCUT2D eigenvalue weighted by Crippen LogP contribution is -1.97. The molecule has 0 saturated carbocycles. The van der Waals surface area contributed by atoms with Gasteiger partial charge in [-0.1, -0.05) is 96.3 Å². The van der Waals surface area contributed by atoms with Crippen LogP contribution in [0.4, 0.5) is 0 Å². The Morgan fingerprint density at radius 3 is 1.44 bits per heavy atom. The molecule has 0 aliphatic rings. The van der Waals surface area contributed by atoms with E-state index >= 15 is 0 Å². The quantitative estimate of drug-likeness (QED) is 0.144. The molecule has 0 amide bonds. The van der Waals surface area contributed by atoms with Crippen molar-refractivity contribution in [2.45, 2.75) is 26.5 Å². The van der Waals surface area contributed by atoms with Crippen molar-refractivity contribution in [2.24, 2.45) is 0 Å². The fourth-order valence-electron chi connectivity index (χ4n) is 8.15. The van der Waals surface area contributed by atoms with Crippen LogP contribution in [0.5, 0.6) is 5.75 Å². The first kappa shape index (κ1) is 36.8. The molecule has 0 unspecified atom stereocenters. The molecule has 5 heterocycles. The lowest BCUT2D eigenvalue weighted by molar-refractivity contribution is 0.414. The van der Waals surface area contributed by atoms with E-state index in [1.54, 1.807) is 36.8 Å². The zero-order chi connectivity index (χ0) is 40.9. The highest BCUT2D eigenvalue weighted by molar-refractivity contribution is 7.99. The van der Waals surface area contributed by atoms with E-state index in [2.05, 4.69) is 156 Å². The maximum Gasteiger partial charge on any atom is 0.141 e. The molecule has 0 bridgehead atoms. The minimum absolute atomic E-state index is 0.768. The highest BCUT2D eigenvalue weighted by atomic mass is 32.2. The fourth-order valence-corrected chi connectivity index (χ4v) is 9.97. The zero-order valence-electron chi connectivity index (χ0n) is 33.2. The predicted molar refractivity (Wildman–Crippen MR) is 250 cm³/mol. The van der Waals surface area contributed by atoms with Crippen molar-refractivity contribution in [1.29, 1.82) is 0 Å².